The molecular formula is C20H27NO5. The van der Waals surface area contributed by atoms with Crippen molar-refractivity contribution in [1.29, 1.82) is 0 Å². The van der Waals surface area contributed by atoms with Crippen LogP contribution in [0.25, 0.3) is 0 Å². The molecule has 142 valence electrons. The maximum absolute atomic E-state index is 12.9. The number of carbonyl (C=O) groups is 1. The van der Waals surface area contributed by atoms with Crippen molar-refractivity contribution in [3.05, 3.63) is 23.3 Å². The number of rotatable bonds is 4. The van der Waals surface area contributed by atoms with E-state index in [0.717, 1.165) is 24.8 Å². The summed E-state index contributed by atoms with van der Waals surface area (Å²) in [6.07, 6.45) is 3.30. The van der Waals surface area contributed by atoms with Crippen LogP contribution in [0.5, 0.6) is 11.5 Å². The highest BCUT2D eigenvalue weighted by Gasteiger charge is 2.75. The maximum atomic E-state index is 12.9. The largest absolute Gasteiger partial charge is 0.493 e. The third kappa shape index (κ3) is 1.68. The number of carbonyl (C=O) groups excluding carboxylic acids is 1. The lowest BCUT2D eigenvalue weighted by molar-refractivity contribution is -0.137. The summed E-state index contributed by atoms with van der Waals surface area (Å²) in [7, 11) is 5.07. The second-order valence-electron chi connectivity index (χ2n) is 8.00. The van der Waals surface area contributed by atoms with Crippen LogP contribution < -0.4 is 9.47 Å². The molecule has 1 saturated carbocycles. The minimum atomic E-state index is -0.709. The lowest BCUT2D eigenvalue weighted by Gasteiger charge is -2.55. The molecule has 4 rings (SSSR count). The monoisotopic (exact) mass is 361 g/mol. The van der Waals surface area contributed by atoms with Crippen LogP contribution in [0.1, 0.15) is 36.8 Å². The molecule has 2 fully saturated rings. The summed E-state index contributed by atoms with van der Waals surface area (Å²) in [5, 5.41) is 20.6. The van der Waals surface area contributed by atoms with E-state index in [1.807, 2.05) is 18.0 Å². The van der Waals surface area contributed by atoms with Gasteiger partial charge in [0.2, 0.25) is 5.91 Å². The standard InChI is InChI=1S/C20H27NO5/c1-21-15(24)10-19-9-8-18(11-22,12-23)20(19,21)7-6-13-4-5-14(25-2)17(26-3)16(13)19/h4-5,22-23H,6-12H2,1-3H3/t19-,20?/m1/s1. The summed E-state index contributed by atoms with van der Waals surface area (Å²) < 4.78 is 11.3. The van der Waals surface area contributed by atoms with E-state index >= 15 is 0 Å². The van der Waals surface area contributed by atoms with Crippen LogP contribution in [0.15, 0.2) is 12.1 Å². The molecule has 26 heavy (non-hydrogen) atoms. The van der Waals surface area contributed by atoms with Crippen LogP contribution in [0, 0.1) is 5.41 Å². The van der Waals surface area contributed by atoms with E-state index in [2.05, 4.69) is 6.07 Å². The summed E-state index contributed by atoms with van der Waals surface area (Å²) in [5.74, 6) is 1.40. The van der Waals surface area contributed by atoms with Gasteiger partial charge in [0, 0.05) is 29.9 Å². The molecule has 2 N–H and O–H groups in total. The number of aliphatic hydroxyl groups excluding tert-OH is 2. The fraction of sp³-hybridized carbons (Fsp3) is 0.650. The molecular weight excluding hydrogens is 334 g/mol. The van der Waals surface area contributed by atoms with Crippen LogP contribution in [-0.4, -0.2) is 61.0 Å². The Morgan fingerprint density at radius 3 is 2.46 bits per heavy atom. The number of likely N-dealkylation sites (N-methyl/N-ethyl adjacent to an activating group) is 1. The fourth-order valence-electron chi connectivity index (χ4n) is 6.45. The lowest BCUT2D eigenvalue weighted by atomic mass is 9.54. The number of aryl methyl sites for hydroxylation is 1. The van der Waals surface area contributed by atoms with Crippen molar-refractivity contribution in [3.63, 3.8) is 0 Å². The highest BCUT2D eigenvalue weighted by Crippen LogP contribution is 2.70. The Bertz CT molecular complexity index is 759. The summed E-state index contributed by atoms with van der Waals surface area (Å²) in [5.41, 5.74) is 0.421. The lowest BCUT2D eigenvalue weighted by Crippen LogP contribution is -2.65. The molecule has 0 bridgehead atoms. The molecule has 2 aliphatic carbocycles. The number of ether oxygens (including phenoxy) is 2. The SMILES string of the molecule is COc1ccc2c(c1OC)[C@]13CCC(CO)(CO)C1(CC2)N(C)C(=O)C3. The Labute approximate surface area is 153 Å². The second kappa shape index (κ2) is 5.60. The Kier molecular flexibility index (Phi) is 3.80. The molecule has 1 amide bonds. The van der Waals surface area contributed by atoms with Gasteiger partial charge in [-0.2, -0.15) is 0 Å². The second-order valence-corrected chi connectivity index (χ2v) is 8.00. The molecule has 3 aliphatic rings. The first-order valence-corrected chi connectivity index (χ1v) is 9.19. The van der Waals surface area contributed by atoms with Gasteiger partial charge in [-0.1, -0.05) is 6.07 Å². The van der Waals surface area contributed by atoms with Gasteiger partial charge in [-0.15, -0.1) is 0 Å². The number of hydrogen-bond donors (Lipinski definition) is 2. The smallest absolute Gasteiger partial charge is 0.223 e. The minimum absolute atomic E-state index is 0.0636. The third-order valence-electron chi connectivity index (χ3n) is 7.57. The van der Waals surface area contributed by atoms with Crippen molar-refractivity contribution in [1.82, 2.24) is 4.90 Å². The number of likely N-dealkylation sites (tertiary alicyclic amines) is 1. The van der Waals surface area contributed by atoms with Crippen LogP contribution >= 0.6 is 0 Å². The van der Waals surface area contributed by atoms with Crippen LogP contribution in [0.3, 0.4) is 0 Å². The first-order valence-electron chi connectivity index (χ1n) is 9.19. The average molecular weight is 361 g/mol. The average Bonchev–Trinajstić information content (AvgIpc) is 3.09. The highest BCUT2D eigenvalue weighted by atomic mass is 16.5. The normalized spacial score (nSPS) is 31.4. The molecule has 6 heteroatoms. The number of amides is 1. The molecule has 0 spiro atoms. The van der Waals surface area contributed by atoms with Crippen molar-refractivity contribution in [2.24, 2.45) is 5.41 Å². The van der Waals surface area contributed by atoms with Gasteiger partial charge in [-0.05, 0) is 37.3 Å². The summed E-state index contributed by atoms with van der Waals surface area (Å²) in [6, 6.07) is 3.98. The van der Waals surface area contributed by atoms with Crippen molar-refractivity contribution in [2.75, 3.05) is 34.5 Å². The number of fused-ring (bicyclic) bond motifs is 1. The number of nitrogens with zero attached hydrogens (tertiary/aromatic N) is 1. The van der Waals surface area contributed by atoms with Gasteiger partial charge in [-0.3, -0.25) is 4.79 Å². The van der Waals surface area contributed by atoms with Gasteiger partial charge in [0.15, 0.2) is 11.5 Å². The first kappa shape index (κ1) is 17.6. The molecule has 1 unspecified atom stereocenters. The first-order chi connectivity index (χ1) is 12.5. The maximum Gasteiger partial charge on any atom is 0.223 e. The molecule has 2 atom stereocenters. The highest BCUT2D eigenvalue weighted by molar-refractivity contribution is 5.85. The van der Waals surface area contributed by atoms with Gasteiger partial charge in [0.25, 0.3) is 0 Å². The summed E-state index contributed by atoms with van der Waals surface area (Å²) >= 11 is 0. The molecule has 1 aromatic rings. The molecule has 6 nitrogen and oxygen atoms in total. The van der Waals surface area contributed by atoms with Crippen LogP contribution in [0.4, 0.5) is 0 Å². The predicted octanol–water partition coefficient (Wildman–Crippen LogP) is 1.25. The molecule has 1 aliphatic heterocycles. The van der Waals surface area contributed by atoms with Gasteiger partial charge in [0.1, 0.15) is 0 Å². The number of benzene rings is 1. The fourth-order valence-corrected chi connectivity index (χ4v) is 6.45. The predicted molar refractivity (Wildman–Crippen MR) is 95.5 cm³/mol. The van der Waals surface area contributed by atoms with Gasteiger partial charge in [0.05, 0.1) is 33.0 Å². The Balaban J connectivity index is 2.06. The number of methoxy groups -OCH3 is 2. The zero-order valence-corrected chi connectivity index (χ0v) is 15.7. The van der Waals surface area contributed by atoms with Crippen molar-refractivity contribution in [2.45, 2.75) is 43.1 Å². The van der Waals surface area contributed by atoms with E-state index in [-0.39, 0.29) is 19.1 Å². The van der Waals surface area contributed by atoms with E-state index in [0.29, 0.717) is 24.3 Å². The van der Waals surface area contributed by atoms with E-state index in [1.54, 1.807) is 14.2 Å². The van der Waals surface area contributed by atoms with E-state index < -0.39 is 16.4 Å². The topological polar surface area (TPSA) is 79.2 Å². The van der Waals surface area contributed by atoms with Crippen molar-refractivity contribution in [3.8, 4) is 11.5 Å². The Morgan fingerprint density at radius 1 is 1.12 bits per heavy atom. The van der Waals surface area contributed by atoms with Gasteiger partial charge in [-0.25, -0.2) is 0 Å². The molecule has 0 aromatic heterocycles. The zero-order valence-electron chi connectivity index (χ0n) is 15.7. The van der Waals surface area contributed by atoms with Crippen LogP contribution in [-0.2, 0) is 16.6 Å². The minimum Gasteiger partial charge on any atom is -0.493 e. The third-order valence-corrected chi connectivity index (χ3v) is 7.57. The van der Waals surface area contributed by atoms with Crippen molar-refractivity contribution >= 4 is 5.91 Å². The van der Waals surface area contributed by atoms with E-state index in [9.17, 15) is 15.0 Å². The number of hydrogen-bond acceptors (Lipinski definition) is 5. The quantitative estimate of drug-likeness (QED) is 0.844. The molecule has 1 saturated heterocycles. The van der Waals surface area contributed by atoms with E-state index in [4.69, 9.17) is 9.47 Å². The molecule has 1 aromatic carbocycles. The Hall–Kier alpha value is -1.79. The molecule has 0 radical (unpaired) electrons. The van der Waals surface area contributed by atoms with E-state index in [1.165, 1.54) is 5.56 Å². The summed E-state index contributed by atoms with van der Waals surface area (Å²) in [4.78, 5) is 14.7. The zero-order chi connectivity index (χ0) is 18.7. The van der Waals surface area contributed by atoms with Gasteiger partial charge < -0.3 is 24.6 Å². The summed E-state index contributed by atoms with van der Waals surface area (Å²) in [6.45, 7) is -0.269. The van der Waals surface area contributed by atoms with Gasteiger partial charge >= 0.3 is 0 Å². The van der Waals surface area contributed by atoms with Crippen molar-refractivity contribution < 1.29 is 24.5 Å². The van der Waals surface area contributed by atoms with Crippen LogP contribution in [0.2, 0.25) is 0 Å². The molecule has 1 heterocycles. The Morgan fingerprint density at radius 2 is 1.85 bits per heavy atom. The number of aliphatic hydroxyl groups is 2.